The Bertz CT molecular complexity index is 242. The maximum Gasteiger partial charge on any atom is 0.265 e. The fraction of sp³-hybridized carbons (Fsp3) is 0.222. The molecule has 1 aromatic rings. The van der Waals surface area contributed by atoms with Crippen molar-refractivity contribution in [3.63, 3.8) is 0 Å². The summed E-state index contributed by atoms with van der Waals surface area (Å²) in [5, 5.41) is 7.57. The molecule has 5 heteroatoms. The summed E-state index contributed by atoms with van der Waals surface area (Å²) in [7, 11) is 0. The van der Waals surface area contributed by atoms with Crippen LogP contribution in [0.1, 0.15) is 17.3 Å². The van der Waals surface area contributed by atoms with Crippen molar-refractivity contribution >= 4 is 18.3 Å². The third-order valence-electron chi connectivity index (χ3n) is 1.17. The second kappa shape index (κ2) is 9.98. The number of rotatable bonds is 1. The van der Waals surface area contributed by atoms with Crippen molar-refractivity contribution in [3.8, 4) is 0 Å². The van der Waals surface area contributed by atoms with Gasteiger partial charge in [-0.15, -0.1) is 12.4 Å². The Morgan fingerprint density at radius 2 is 1.86 bits per heavy atom. The Balaban J connectivity index is 0. The average Bonchev–Trinajstić information content (AvgIpc) is 2.19. The van der Waals surface area contributed by atoms with Gasteiger partial charge in [0.1, 0.15) is 0 Å². The number of benzene rings is 1. The normalized spacial score (nSPS) is 7.64. The van der Waals surface area contributed by atoms with Crippen LogP contribution in [0.3, 0.4) is 0 Å². The first-order chi connectivity index (χ1) is 6.26. The molecule has 0 unspecified atom stereocenters. The molecule has 4 nitrogen and oxygen atoms in total. The number of amides is 1. The molecular weight excluding hydrogens is 204 g/mol. The minimum atomic E-state index is -0.263. The molecule has 0 aliphatic heterocycles. The highest BCUT2D eigenvalue weighted by molar-refractivity contribution is 5.93. The number of carbonyl (C=O) groups excluding carboxylic acids is 1. The van der Waals surface area contributed by atoms with E-state index in [4.69, 9.17) is 10.9 Å². The molecule has 0 aromatic heterocycles. The van der Waals surface area contributed by atoms with Crippen molar-refractivity contribution in [2.24, 2.45) is 5.84 Å². The van der Waals surface area contributed by atoms with Gasteiger partial charge in [0.05, 0.1) is 0 Å². The molecule has 80 valence electrons. The molecule has 0 saturated heterocycles. The molecule has 1 amide bonds. The maximum atomic E-state index is 10.8. The van der Waals surface area contributed by atoms with Gasteiger partial charge in [0.25, 0.3) is 5.91 Å². The van der Waals surface area contributed by atoms with E-state index in [2.05, 4.69) is 0 Å². The van der Waals surface area contributed by atoms with Crippen molar-refractivity contribution in [1.29, 1.82) is 0 Å². The van der Waals surface area contributed by atoms with Crippen molar-refractivity contribution in [2.75, 3.05) is 6.61 Å². The summed E-state index contributed by atoms with van der Waals surface area (Å²) in [6, 6.07) is 8.80. The van der Waals surface area contributed by atoms with Crippen LogP contribution in [0.2, 0.25) is 0 Å². The second-order valence-electron chi connectivity index (χ2n) is 2.16. The lowest BCUT2D eigenvalue weighted by atomic mass is 10.2. The first-order valence-electron chi connectivity index (χ1n) is 3.93. The van der Waals surface area contributed by atoms with Crippen LogP contribution in [0.5, 0.6) is 0 Å². The number of hydrazine groups is 1. The van der Waals surface area contributed by atoms with Gasteiger partial charge in [-0.2, -0.15) is 0 Å². The van der Waals surface area contributed by atoms with Gasteiger partial charge in [-0.05, 0) is 19.1 Å². The van der Waals surface area contributed by atoms with Crippen LogP contribution in [0.15, 0.2) is 30.3 Å². The summed E-state index contributed by atoms with van der Waals surface area (Å²) >= 11 is 0. The topological polar surface area (TPSA) is 75.3 Å². The predicted octanol–water partition coefficient (Wildman–Crippen LogP) is 0.711. The summed E-state index contributed by atoms with van der Waals surface area (Å²) in [5.41, 5.74) is 2.62. The number of hydrogen-bond donors (Lipinski definition) is 3. The van der Waals surface area contributed by atoms with Crippen molar-refractivity contribution in [1.82, 2.24) is 5.43 Å². The monoisotopic (exact) mass is 218 g/mol. The number of nitrogens with one attached hydrogen (secondary N) is 1. The highest BCUT2D eigenvalue weighted by Crippen LogP contribution is 1.95. The molecule has 0 bridgehead atoms. The molecule has 14 heavy (non-hydrogen) atoms. The van der Waals surface area contributed by atoms with Gasteiger partial charge >= 0.3 is 0 Å². The lowest BCUT2D eigenvalue weighted by Crippen LogP contribution is -2.29. The molecule has 1 aromatic carbocycles. The quantitative estimate of drug-likeness (QED) is 0.369. The van der Waals surface area contributed by atoms with Crippen molar-refractivity contribution in [3.05, 3.63) is 35.9 Å². The van der Waals surface area contributed by atoms with Crippen LogP contribution in [-0.2, 0) is 0 Å². The number of aliphatic hydroxyl groups is 1. The van der Waals surface area contributed by atoms with E-state index in [0.29, 0.717) is 5.56 Å². The Labute approximate surface area is 89.5 Å². The summed E-state index contributed by atoms with van der Waals surface area (Å²) in [4.78, 5) is 10.8. The van der Waals surface area contributed by atoms with Gasteiger partial charge in [-0.25, -0.2) is 5.84 Å². The summed E-state index contributed by atoms with van der Waals surface area (Å²) in [6.45, 7) is 1.93. The Kier molecular flexibility index (Phi) is 11.0. The minimum Gasteiger partial charge on any atom is -0.397 e. The number of halogens is 1. The van der Waals surface area contributed by atoms with E-state index >= 15 is 0 Å². The molecule has 0 aliphatic carbocycles. The van der Waals surface area contributed by atoms with E-state index in [1.54, 1.807) is 31.2 Å². The van der Waals surface area contributed by atoms with Crippen LogP contribution in [0, 0.1) is 0 Å². The smallest absolute Gasteiger partial charge is 0.265 e. The zero-order valence-electron chi connectivity index (χ0n) is 7.93. The van der Waals surface area contributed by atoms with Crippen LogP contribution >= 0.6 is 12.4 Å². The minimum absolute atomic E-state index is 0. The number of hydrogen-bond acceptors (Lipinski definition) is 3. The molecular formula is C9H15ClN2O2. The number of nitrogen functional groups attached to an aromatic ring is 1. The number of carbonyl (C=O) groups is 1. The van der Waals surface area contributed by atoms with E-state index in [-0.39, 0.29) is 24.9 Å². The van der Waals surface area contributed by atoms with Gasteiger partial charge in [-0.1, -0.05) is 18.2 Å². The first-order valence-corrected chi connectivity index (χ1v) is 3.93. The summed E-state index contributed by atoms with van der Waals surface area (Å²) in [5.74, 6) is 4.64. The van der Waals surface area contributed by atoms with Gasteiger partial charge in [0.15, 0.2) is 0 Å². The van der Waals surface area contributed by atoms with E-state index in [9.17, 15) is 4.79 Å². The highest BCUT2D eigenvalue weighted by atomic mass is 35.5. The van der Waals surface area contributed by atoms with Crippen LogP contribution < -0.4 is 11.3 Å². The van der Waals surface area contributed by atoms with E-state index in [1.807, 2.05) is 11.5 Å². The Morgan fingerprint density at radius 1 is 1.43 bits per heavy atom. The molecule has 0 fully saturated rings. The third kappa shape index (κ3) is 6.42. The Morgan fingerprint density at radius 3 is 2.21 bits per heavy atom. The molecule has 0 saturated carbocycles. The lowest BCUT2D eigenvalue weighted by molar-refractivity contribution is 0.0953. The van der Waals surface area contributed by atoms with Crippen molar-refractivity contribution < 1.29 is 9.90 Å². The summed E-state index contributed by atoms with van der Waals surface area (Å²) in [6.07, 6.45) is 0. The first kappa shape index (κ1) is 15.4. The zero-order valence-corrected chi connectivity index (χ0v) is 8.75. The third-order valence-corrected chi connectivity index (χ3v) is 1.17. The SMILES string of the molecule is CCO.Cl.NNC(=O)c1ccccc1. The maximum absolute atomic E-state index is 10.8. The van der Waals surface area contributed by atoms with E-state index < -0.39 is 0 Å². The van der Waals surface area contributed by atoms with E-state index in [1.165, 1.54) is 0 Å². The molecule has 0 atom stereocenters. The number of nitrogens with two attached hydrogens (primary N) is 1. The fourth-order valence-corrected chi connectivity index (χ4v) is 0.673. The molecule has 0 heterocycles. The zero-order chi connectivity index (χ0) is 10.1. The van der Waals surface area contributed by atoms with Crippen LogP contribution in [0.4, 0.5) is 0 Å². The fourth-order valence-electron chi connectivity index (χ4n) is 0.673. The largest absolute Gasteiger partial charge is 0.397 e. The lowest BCUT2D eigenvalue weighted by Gasteiger charge is -1.95. The predicted molar refractivity (Wildman–Crippen MR) is 58.1 cm³/mol. The molecule has 0 spiro atoms. The van der Waals surface area contributed by atoms with Gasteiger partial charge < -0.3 is 5.11 Å². The van der Waals surface area contributed by atoms with Gasteiger partial charge in [-0.3, -0.25) is 10.2 Å². The van der Waals surface area contributed by atoms with Gasteiger partial charge in [0, 0.05) is 12.2 Å². The molecule has 1 rings (SSSR count). The van der Waals surface area contributed by atoms with Crippen LogP contribution in [-0.4, -0.2) is 17.6 Å². The van der Waals surface area contributed by atoms with Crippen LogP contribution in [0.25, 0.3) is 0 Å². The standard InChI is InChI=1S/C7H8N2O.C2H6O.ClH/c8-9-7(10)6-4-2-1-3-5-6;1-2-3;/h1-5H,8H2,(H,9,10);3H,2H2,1H3;1H. The Hall–Kier alpha value is -1.10. The molecule has 0 radical (unpaired) electrons. The number of aliphatic hydroxyl groups excluding tert-OH is 1. The average molecular weight is 219 g/mol. The summed E-state index contributed by atoms with van der Waals surface area (Å²) < 4.78 is 0. The van der Waals surface area contributed by atoms with E-state index in [0.717, 1.165) is 0 Å². The highest BCUT2D eigenvalue weighted by Gasteiger charge is 1.98. The van der Waals surface area contributed by atoms with Crippen molar-refractivity contribution in [2.45, 2.75) is 6.92 Å². The molecule has 4 N–H and O–H groups in total. The molecule has 0 aliphatic rings. The second-order valence-corrected chi connectivity index (χ2v) is 2.16. The van der Waals surface area contributed by atoms with Gasteiger partial charge in [0.2, 0.25) is 0 Å².